The van der Waals surface area contributed by atoms with Crippen LogP contribution in [0.4, 0.5) is 0 Å². The molecule has 0 fully saturated rings. The number of nitrogens with zero attached hydrogens (tertiary/aromatic N) is 1. The molecule has 0 aliphatic rings. The van der Waals surface area contributed by atoms with Crippen LogP contribution in [0.25, 0.3) is 0 Å². The predicted octanol–water partition coefficient (Wildman–Crippen LogP) is -0.197. The van der Waals surface area contributed by atoms with E-state index in [-0.39, 0.29) is 22.9 Å². The Morgan fingerprint density at radius 1 is 1.10 bits per heavy atom. The Kier molecular flexibility index (Phi) is 5.86. The van der Waals surface area contributed by atoms with Crippen molar-refractivity contribution < 1.29 is 18.0 Å². The van der Waals surface area contributed by atoms with Crippen LogP contribution in [0.5, 0.6) is 0 Å². The molecule has 0 aromatic heterocycles. The Labute approximate surface area is 124 Å². The van der Waals surface area contributed by atoms with E-state index < -0.39 is 15.9 Å². The van der Waals surface area contributed by atoms with E-state index in [0.29, 0.717) is 6.54 Å². The molecule has 0 heterocycles. The third-order valence-electron chi connectivity index (χ3n) is 2.68. The van der Waals surface area contributed by atoms with Gasteiger partial charge in [0.1, 0.15) is 0 Å². The Hall–Kier alpha value is -1.93. The molecule has 0 bridgehead atoms. The zero-order valence-corrected chi connectivity index (χ0v) is 13.0. The van der Waals surface area contributed by atoms with Crippen molar-refractivity contribution in [3.8, 4) is 0 Å². The standard InChI is InChI=1S/C13H19N3O4S/c1-4-14-12(17)9-15-13(18)10-5-7-11(8-6-10)21(19,20)16(2)3/h5-8H,4,9H2,1-3H3,(H,14,17)(H,15,18). The summed E-state index contributed by atoms with van der Waals surface area (Å²) in [5.41, 5.74) is 0.289. The molecule has 21 heavy (non-hydrogen) atoms. The summed E-state index contributed by atoms with van der Waals surface area (Å²) in [6.07, 6.45) is 0. The van der Waals surface area contributed by atoms with Gasteiger partial charge < -0.3 is 10.6 Å². The van der Waals surface area contributed by atoms with E-state index in [1.807, 2.05) is 0 Å². The molecule has 0 radical (unpaired) electrons. The second-order valence-corrected chi connectivity index (χ2v) is 6.60. The first kappa shape index (κ1) is 17.1. The van der Waals surface area contributed by atoms with Gasteiger partial charge in [0, 0.05) is 26.2 Å². The lowest BCUT2D eigenvalue weighted by Gasteiger charge is -2.11. The van der Waals surface area contributed by atoms with Gasteiger partial charge in [0.05, 0.1) is 11.4 Å². The smallest absolute Gasteiger partial charge is 0.251 e. The Morgan fingerprint density at radius 2 is 1.67 bits per heavy atom. The van der Waals surface area contributed by atoms with Gasteiger partial charge in [-0.25, -0.2) is 12.7 Å². The van der Waals surface area contributed by atoms with Crippen LogP contribution in [0.3, 0.4) is 0 Å². The summed E-state index contributed by atoms with van der Waals surface area (Å²) >= 11 is 0. The number of hydrogen-bond donors (Lipinski definition) is 2. The van der Waals surface area contributed by atoms with Gasteiger partial charge in [0.25, 0.3) is 5.91 Å². The number of carbonyl (C=O) groups excluding carboxylic acids is 2. The van der Waals surface area contributed by atoms with Crippen molar-refractivity contribution in [1.29, 1.82) is 0 Å². The highest BCUT2D eigenvalue weighted by atomic mass is 32.2. The minimum absolute atomic E-state index is 0.104. The highest BCUT2D eigenvalue weighted by molar-refractivity contribution is 7.89. The number of benzene rings is 1. The third-order valence-corrected chi connectivity index (χ3v) is 4.51. The van der Waals surface area contributed by atoms with Crippen molar-refractivity contribution in [2.75, 3.05) is 27.2 Å². The molecule has 0 saturated carbocycles. The molecular weight excluding hydrogens is 294 g/mol. The molecule has 1 rings (SSSR count). The van der Waals surface area contributed by atoms with Gasteiger partial charge in [0.2, 0.25) is 15.9 Å². The second-order valence-electron chi connectivity index (χ2n) is 4.45. The first-order valence-corrected chi connectivity index (χ1v) is 7.80. The van der Waals surface area contributed by atoms with Crippen molar-refractivity contribution in [3.05, 3.63) is 29.8 Å². The van der Waals surface area contributed by atoms with Gasteiger partial charge in [-0.1, -0.05) is 0 Å². The fraction of sp³-hybridized carbons (Fsp3) is 0.385. The van der Waals surface area contributed by atoms with Crippen LogP contribution >= 0.6 is 0 Å². The van der Waals surface area contributed by atoms with Gasteiger partial charge in [0.15, 0.2) is 0 Å². The lowest BCUT2D eigenvalue weighted by Crippen LogP contribution is -2.36. The molecule has 0 spiro atoms. The average Bonchev–Trinajstić information content (AvgIpc) is 2.45. The number of sulfonamides is 1. The fourth-order valence-electron chi connectivity index (χ4n) is 1.51. The maximum Gasteiger partial charge on any atom is 0.251 e. The molecule has 2 amide bonds. The fourth-order valence-corrected chi connectivity index (χ4v) is 2.41. The summed E-state index contributed by atoms with van der Waals surface area (Å²) < 4.78 is 24.8. The Bertz CT molecular complexity index is 609. The topological polar surface area (TPSA) is 95.6 Å². The van der Waals surface area contributed by atoms with E-state index in [2.05, 4.69) is 10.6 Å². The molecule has 2 N–H and O–H groups in total. The van der Waals surface area contributed by atoms with Crippen LogP contribution in [0, 0.1) is 0 Å². The van der Waals surface area contributed by atoms with Crippen LogP contribution in [0.2, 0.25) is 0 Å². The predicted molar refractivity (Wildman–Crippen MR) is 78.3 cm³/mol. The van der Waals surface area contributed by atoms with Crippen molar-refractivity contribution in [2.24, 2.45) is 0 Å². The lowest BCUT2D eigenvalue weighted by molar-refractivity contribution is -0.120. The minimum atomic E-state index is -3.51. The molecule has 0 unspecified atom stereocenters. The molecule has 0 atom stereocenters. The van der Waals surface area contributed by atoms with Crippen LogP contribution < -0.4 is 10.6 Å². The summed E-state index contributed by atoms with van der Waals surface area (Å²) in [4.78, 5) is 23.1. The van der Waals surface area contributed by atoms with E-state index in [1.165, 1.54) is 38.4 Å². The normalized spacial score (nSPS) is 11.2. The van der Waals surface area contributed by atoms with Gasteiger partial charge in [-0.05, 0) is 31.2 Å². The maximum absolute atomic E-state index is 11.9. The van der Waals surface area contributed by atoms with Crippen LogP contribution in [0.1, 0.15) is 17.3 Å². The zero-order chi connectivity index (χ0) is 16.0. The van der Waals surface area contributed by atoms with Gasteiger partial charge in [-0.3, -0.25) is 9.59 Å². The van der Waals surface area contributed by atoms with E-state index in [1.54, 1.807) is 6.92 Å². The Morgan fingerprint density at radius 3 is 2.14 bits per heavy atom. The van der Waals surface area contributed by atoms with E-state index in [4.69, 9.17) is 0 Å². The lowest BCUT2D eigenvalue weighted by atomic mass is 10.2. The summed E-state index contributed by atoms with van der Waals surface area (Å²) in [7, 11) is -0.649. The number of carbonyl (C=O) groups is 2. The SMILES string of the molecule is CCNC(=O)CNC(=O)c1ccc(S(=O)(=O)N(C)C)cc1. The second kappa shape index (κ2) is 7.19. The average molecular weight is 313 g/mol. The zero-order valence-electron chi connectivity index (χ0n) is 12.2. The first-order valence-electron chi connectivity index (χ1n) is 6.36. The molecule has 0 saturated heterocycles. The molecule has 7 nitrogen and oxygen atoms in total. The summed E-state index contributed by atoms with van der Waals surface area (Å²) in [5.74, 6) is -0.715. The molecule has 0 aliphatic carbocycles. The minimum Gasteiger partial charge on any atom is -0.355 e. The van der Waals surface area contributed by atoms with Gasteiger partial charge in [-0.15, -0.1) is 0 Å². The number of likely N-dealkylation sites (N-methyl/N-ethyl adjacent to an activating group) is 1. The Balaban J connectivity index is 2.75. The maximum atomic E-state index is 11.9. The summed E-state index contributed by atoms with van der Waals surface area (Å²) in [6.45, 7) is 2.15. The molecular formula is C13H19N3O4S. The molecule has 8 heteroatoms. The van der Waals surface area contributed by atoms with Crippen LogP contribution in [0.15, 0.2) is 29.2 Å². The van der Waals surface area contributed by atoms with Crippen molar-refractivity contribution in [3.63, 3.8) is 0 Å². The quantitative estimate of drug-likeness (QED) is 0.760. The number of nitrogens with one attached hydrogen (secondary N) is 2. The van der Waals surface area contributed by atoms with Crippen LogP contribution in [-0.4, -0.2) is 51.7 Å². The van der Waals surface area contributed by atoms with E-state index in [0.717, 1.165) is 4.31 Å². The van der Waals surface area contributed by atoms with Crippen LogP contribution in [-0.2, 0) is 14.8 Å². The molecule has 1 aromatic carbocycles. The monoisotopic (exact) mass is 313 g/mol. The van der Waals surface area contributed by atoms with Gasteiger partial charge in [-0.2, -0.15) is 0 Å². The first-order chi connectivity index (χ1) is 9.78. The summed E-state index contributed by atoms with van der Waals surface area (Å²) in [6, 6.07) is 5.53. The van der Waals surface area contributed by atoms with E-state index >= 15 is 0 Å². The largest absolute Gasteiger partial charge is 0.355 e. The highest BCUT2D eigenvalue weighted by Gasteiger charge is 2.17. The molecule has 116 valence electrons. The van der Waals surface area contributed by atoms with Crippen molar-refractivity contribution >= 4 is 21.8 Å². The summed E-state index contributed by atoms with van der Waals surface area (Å²) in [5, 5.41) is 5.01. The molecule has 1 aromatic rings. The number of hydrogen-bond acceptors (Lipinski definition) is 4. The van der Waals surface area contributed by atoms with Gasteiger partial charge >= 0.3 is 0 Å². The molecule has 0 aliphatic heterocycles. The van der Waals surface area contributed by atoms with Crippen molar-refractivity contribution in [1.82, 2.24) is 14.9 Å². The van der Waals surface area contributed by atoms with E-state index in [9.17, 15) is 18.0 Å². The third kappa shape index (κ3) is 4.54. The highest BCUT2D eigenvalue weighted by Crippen LogP contribution is 2.13. The number of amides is 2. The van der Waals surface area contributed by atoms with Crippen molar-refractivity contribution in [2.45, 2.75) is 11.8 Å². The number of rotatable bonds is 6.